The third kappa shape index (κ3) is 6.18. The molecular formula is C23H20ClN3O5S. The number of carboxylic acids is 1. The summed E-state index contributed by atoms with van der Waals surface area (Å²) in [7, 11) is -3.62. The minimum absolute atomic E-state index is 0.0390. The van der Waals surface area contributed by atoms with Crippen LogP contribution in [-0.4, -0.2) is 37.9 Å². The molecule has 0 spiro atoms. The van der Waals surface area contributed by atoms with Crippen molar-refractivity contribution in [2.45, 2.75) is 6.54 Å². The number of anilines is 1. The van der Waals surface area contributed by atoms with Crippen LogP contribution in [0.2, 0.25) is 5.02 Å². The zero-order valence-electron chi connectivity index (χ0n) is 17.5. The summed E-state index contributed by atoms with van der Waals surface area (Å²) in [6.45, 7) is 0.0390. The van der Waals surface area contributed by atoms with Gasteiger partial charge in [-0.1, -0.05) is 48.0 Å². The average Bonchev–Trinajstić information content (AvgIpc) is 2.78. The Hall–Kier alpha value is -3.69. The van der Waals surface area contributed by atoms with Crippen LogP contribution in [0.1, 0.15) is 31.8 Å². The number of hydrogen-bond acceptors (Lipinski definition) is 5. The lowest BCUT2D eigenvalue weighted by molar-refractivity contribution is 0.0696. The molecule has 0 fully saturated rings. The molecule has 3 aromatic carbocycles. The van der Waals surface area contributed by atoms with Gasteiger partial charge in [-0.15, -0.1) is 0 Å². The number of rotatable bonds is 8. The van der Waals surface area contributed by atoms with Crippen molar-refractivity contribution in [1.29, 1.82) is 0 Å². The minimum atomic E-state index is -3.62. The number of carbonyl (C=O) groups excluding carboxylic acids is 1. The summed E-state index contributed by atoms with van der Waals surface area (Å²) in [5.74, 6) is -1.64. The molecule has 0 bridgehead atoms. The largest absolute Gasteiger partial charge is 0.478 e. The van der Waals surface area contributed by atoms with E-state index in [2.05, 4.69) is 10.5 Å². The molecule has 8 nitrogen and oxygen atoms in total. The second kappa shape index (κ2) is 10.3. The number of amides is 1. The molecule has 0 radical (unpaired) electrons. The van der Waals surface area contributed by atoms with E-state index in [1.165, 1.54) is 40.9 Å². The summed E-state index contributed by atoms with van der Waals surface area (Å²) in [5, 5.41) is 13.4. The molecule has 3 rings (SSSR count). The number of halogens is 1. The predicted octanol–water partition coefficient (Wildman–Crippen LogP) is 3.77. The summed E-state index contributed by atoms with van der Waals surface area (Å²) in [6.07, 6.45) is 2.33. The van der Waals surface area contributed by atoms with Gasteiger partial charge in [-0.2, -0.15) is 5.10 Å². The van der Waals surface area contributed by atoms with E-state index in [-0.39, 0.29) is 17.7 Å². The van der Waals surface area contributed by atoms with E-state index in [4.69, 9.17) is 11.6 Å². The minimum Gasteiger partial charge on any atom is -0.478 e. The first-order valence-electron chi connectivity index (χ1n) is 9.63. The number of aromatic carboxylic acids is 1. The molecule has 0 aliphatic rings. The molecule has 0 heterocycles. The van der Waals surface area contributed by atoms with Gasteiger partial charge in [0.1, 0.15) is 0 Å². The molecule has 1 amide bonds. The maximum Gasteiger partial charge on any atom is 0.336 e. The van der Waals surface area contributed by atoms with Gasteiger partial charge in [-0.3, -0.25) is 9.10 Å². The van der Waals surface area contributed by atoms with Crippen molar-refractivity contribution in [2.24, 2.45) is 5.10 Å². The molecule has 170 valence electrons. The van der Waals surface area contributed by atoms with Crippen molar-refractivity contribution < 1.29 is 23.1 Å². The maximum atomic E-state index is 12.4. The molecule has 0 unspecified atom stereocenters. The molecule has 0 aliphatic heterocycles. The summed E-state index contributed by atoms with van der Waals surface area (Å²) in [5.41, 5.74) is 3.97. The van der Waals surface area contributed by atoms with Crippen molar-refractivity contribution in [3.8, 4) is 0 Å². The maximum absolute atomic E-state index is 12.4. The van der Waals surface area contributed by atoms with Crippen LogP contribution in [0.3, 0.4) is 0 Å². The van der Waals surface area contributed by atoms with Gasteiger partial charge in [0.25, 0.3) is 5.91 Å². The van der Waals surface area contributed by atoms with Crippen LogP contribution < -0.4 is 9.73 Å². The van der Waals surface area contributed by atoms with E-state index in [1.54, 1.807) is 42.5 Å². The van der Waals surface area contributed by atoms with Gasteiger partial charge in [-0.25, -0.2) is 18.6 Å². The van der Waals surface area contributed by atoms with Crippen LogP contribution >= 0.6 is 11.6 Å². The molecule has 3 aromatic rings. The average molecular weight is 486 g/mol. The zero-order chi connectivity index (χ0) is 24.0. The molecule has 2 N–H and O–H groups in total. The van der Waals surface area contributed by atoms with E-state index >= 15 is 0 Å². The highest BCUT2D eigenvalue weighted by Crippen LogP contribution is 2.24. The Labute approximate surface area is 196 Å². The van der Waals surface area contributed by atoms with Crippen molar-refractivity contribution >= 4 is 45.4 Å². The molecule has 0 aliphatic carbocycles. The van der Waals surface area contributed by atoms with E-state index < -0.39 is 21.9 Å². The van der Waals surface area contributed by atoms with E-state index in [0.717, 1.165) is 6.26 Å². The third-order valence-electron chi connectivity index (χ3n) is 4.65. The fraction of sp³-hybridized carbons (Fsp3) is 0.0870. The Morgan fingerprint density at radius 3 is 2.30 bits per heavy atom. The van der Waals surface area contributed by atoms with Crippen LogP contribution in [0.5, 0.6) is 0 Å². The number of carboxylic acid groups (broad SMARTS) is 1. The summed E-state index contributed by atoms with van der Waals surface area (Å²) < 4.78 is 25.9. The Morgan fingerprint density at radius 2 is 1.67 bits per heavy atom. The number of carbonyl (C=O) groups is 2. The van der Waals surface area contributed by atoms with Crippen LogP contribution in [0, 0.1) is 0 Å². The standard InChI is InChI=1S/C23H20ClN3O5S/c1-33(31,32)27(15-18-7-3-5-9-21(18)24)19-12-10-16(11-13-19)22(28)26-25-14-17-6-2-4-8-20(17)23(29)30/h2-14H,15H2,1H3,(H,26,28)(H,29,30)/b25-14-. The Balaban J connectivity index is 1.75. The van der Waals surface area contributed by atoms with E-state index in [9.17, 15) is 23.1 Å². The number of hydrazone groups is 1. The first kappa shape index (κ1) is 24.0. The third-order valence-corrected chi connectivity index (χ3v) is 6.16. The van der Waals surface area contributed by atoms with E-state index in [0.29, 0.717) is 21.8 Å². The molecule has 0 saturated carbocycles. The van der Waals surface area contributed by atoms with Crippen LogP contribution in [0.4, 0.5) is 5.69 Å². The molecule has 0 atom stereocenters. The van der Waals surface area contributed by atoms with Gasteiger partial charge >= 0.3 is 5.97 Å². The first-order valence-corrected chi connectivity index (χ1v) is 11.9. The highest BCUT2D eigenvalue weighted by Gasteiger charge is 2.19. The lowest BCUT2D eigenvalue weighted by atomic mass is 10.1. The molecular weight excluding hydrogens is 466 g/mol. The topological polar surface area (TPSA) is 116 Å². The number of sulfonamides is 1. The molecule has 10 heteroatoms. The zero-order valence-corrected chi connectivity index (χ0v) is 19.0. The highest BCUT2D eigenvalue weighted by molar-refractivity contribution is 7.92. The summed E-state index contributed by atoms with van der Waals surface area (Å²) in [6, 6.07) is 19.1. The van der Waals surface area contributed by atoms with Gasteiger partial charge in [0.05, 0.1) is 30.3 Å². The smallest absolute Gasteiger partial charge is 0.336 e. The van der Waals surface area contributed by atoms with Gasteiger partial charge in [0, 0.05) is 16.1 Å². The van der Waals surface area contributed by atoms with Gasteiger partial charge < -0.3 is 5.11 Å². The van der Waals surface area contributed by atoms with Crippen molar-refractivity contribution in [3.05, 3.63) is 100 Å². The Morgan fingerprint density at radius 1 is 1.03 bits per heavy atom. The Bertz CT molecular complexity index is 1310. The second-order valence-corrected chi connectivity index (χ2v) is 9.31. The number of hydrogen-bond donors (Lipinski definition) is 2. The van der Waals surface area contributed by atoms with Crippen LogP contribution in [0.15, 0.2) is 77.9 Å². The summed E-state index contributed by atoms with van der Waals surface area (Å²) in [4.78, 5) is 23.6. The van der Waals surface area contributed by atoms with Gasteiger partial charge in [-0.05, 0) is 42.0 Å². The number of benzene rings is 3. The quantitative estimate of drug-likeness (QED) is 0.372. The van der Waals surface area contributed by atoms with Crippen LogP contribution in [-0.2, 0) is 16.6 Å². The van der Waals surface area contributed by atoms with Crippen LogP contribution in [0.25, 0.3) is 0 Å². The first-order chi connectivity index (χ1) is 15.7. The van der Waals surface area contributed by atoms with Crippen molar-refractivity contribution in [3.63, 3.8) is 0 Å². The normalized spacial score (nSPS) is 11.3. The van der Waals surface area contributed by atoms with E-state index in [1.807, 2.05) is 0 Å². The van der Waals surface area contributed by atoms with Gasteiger partial charge in [0.15, 0.2) is 0 Å². The molecule has 33 heavy (non-hydrogen) atoms. The second-order valence-electron chi connectivity index (χ2n) is 7.00. The fourth-order valence-corrected chi connectivity index (χ4v) is 4.06. The SMILES string of the molecule is CS(=O)(=O)N(Cc1ccccc1Cl)c1ccc(C(=O)N/N=C\c2ccccc2C(=O)O)cc1. The Kier molecular flexibility index (Phi) is 7.47. The monoisotopic (exact) mass is 485 g/mol. The van der Waals surface area contributed by atoms with Crippen molar-refractivity contribution in [1.82, 2.24) is 5.43 Å². The number of nitrogens with zero attached hydrogens (tertiary/aromatic N) is 2. The summed E-state index contributed by atoms with van der Waals surface area (Å²) >= 11 is 6.17. The number of nitrogens with one attached hydrogen (secondary N) is 1. The lowest BCUT2D eigenvalue weighted by Crippen LogP contribution is -2.29. The highest BCUT2D eigenvalue weighted by atomic mass is 35.5. The van der Waals surface area contributed by atoms with Gasteiger partial charge in [0.2, 0.25) is 10.0 Å². The van der Waals surface area contributed by atoms with Crippen molar-refractivity contribution in [2.75, 3.05) is 10.6 Å². The predicted molar refractivity (Wildman–Crippen MR) is 127 cm³/mol. The fourth-order valence-electron chi connectivity index (χ4n) is 2.99. The molecule has 0 saturated heterocycles. The molecule has 0 aromatic heterocycles. The lowest BCUT2D eigenvalue weighted by Gasteiger charge is -2.23.